The number of aryl methyl sites for hydroxylation is 2. The van der Waals surface area contributed by atoms with Gasteiger partial charge in [-0.3, -0.25) is 0 Å². The molecular weight excluding hydrogens is 342 g/mol. The highest BCUT2D eigenvalue weighted by molar-refractivity contribution is 5.86. The normalized spacial score (nSPS) is 13.4. The predicted octanol–water partition coefficient (Wildman–Crippen LogP) is 4.42. The molecule has 0 N–H and O–H groups in total. The standard InChI is InChI=1S/C22H23NO4/c1-4-6-15-10-20(24)27-22-14(2)21-16(9-19(15)22)12-23(13-26-21)17-7-5-8-18(11-17)25-3/h5,7-11H,4,6,12-13H2,1-3H3. The van der Waals surface area contributed by atoms with Gasteiger partial charge < -0.3 is 18.8 Å². The van der Waals surface area contributed by atoms with Crippen molar-refractivity contribution in [3.05, 3.63) is 63.5 Å². The second kappa shape index (κ2) is 6.99. The van der Waals surface area contributed by atoms with Crippen molar-refractivity contribution in [3.8, 4) is 11.5 Å². The van der Waals surface area contributed by atoms with Gasteiger partial charge in [0.2, 0.25) is 0 Å². The van der Waals surface area contributed by atoms with Gasteiger partial charge in [0, 0.05) is 40.9 Å². The van der Waals surface area contributed by atoms with E-state index in [1.165, 1.54) is 0 Å². The summed E-state index contributed by atoms with van der Waals surface area (Å²) in [5.41, 5.74) is 4.41. The molecule has 0 fully saturated rings. The first-order valence-electron chi connectivity index (χ1n) is 9.21. The quantitative estimate of drug-likeness (QED) is 0.641. The van der Waals surface area contributed by atoms with Crippen LogP contribution in [0.1, 0.15) is 30.0 Å². The second-order valence-corrected chi connectivity index (χ2v) is 6.88. The molecule has 0 bridgehead atoms. The fourth-order valence-electron chi connectivity index (χ4n) is 3.73. The fourth-order valence-corrected chi connectivity index (χ4v) is 3.73. The van der Waals surface area contributed by atoms with Gasteiger partial charge in [-0.05, 0) is 37.1 Å². The Hall–Kier alpha value is -2.95. The number of hydrogen-bond acceptors (Lipinski definition) is 5. The van der Waals surface area contributed by atoms with E-state index in [2.05, 4.69) is 17.9 Å². The third-order valence-corrected chi connectivity index (χ3v) is 5.04. The van der Waals surface area contributed by atoms with Crippen LogP contribution in [0.5, 0.6) is 11.5 Å². The molecule has 1 aliphatic heterocycles. The molecule has 5 nitrogen and oxygen atoms in total. The summed E-state index contributed by atoms with van der Waals surface area (Å²) in [5.74, 6) is 1.64. The number of anilines is 1. The first-order valence-corrected chi connectivity index (χ1v) is 9.21. The van der Waals surface area contributed by atoms with E-state index < -0.39 is 0 Å². The Kier molecular flexibility index (Phi) is 4.52. The highest BCUT2D eigenvalue weighted by atomic mass is 16.5. The maximum absolute atomic E-state index is 12.0. The first kappa shape index (κ1) is 17.5. The van der Waals surface area contributed by atoms with Crippen LogP contribution in [0.2, 0.25) is 0 Å². The Morgan fingerprint density at radius 3 is 2.85 bits per heavy atom. The van der Waals surface area contributed by atoms with E-state index in [4.69, 9.17) is 13.9 Å². The minimum Gasteiger partial charge on any atom is -0.497 e. The van der Waals surface area contributed by atoms with E-state index in [1.807, 2.05) is 31.2 Å². The van der Waals surface area contributed by atoms with E-state index in [9.17, 15) is 4.79 Å². The monoisotopic (exact) mass is 365 g/mol. The SMILES string of the molecule is CCCc1cc(=O)oc2c(C)c3c(cc12)CN(c1cccc(OC)c1)CO3. The Bertz CT molecular complexity index is 1050. The van der Waals surface area contributed by atoms with Crippen molar-refractivity contribution in [1.29, 1.82) is 0 Å². The van der Waals surface area contributed by atoms with Crippen LogP contribution in [-0.4, -0.2) is 13.8 Å². The van der Waals surface area contributed by atoms with Crippen LogP contribution in [0.25, 0.3) is 11.0 Å². The molecule has 0 aliphatic carbocycles. The van der Waals surface area contributed by atoms with Gasteiger partial charge in [-0.25, -0.2) is 4.79 Å². The Balaban J connectivity index is 1.79. The van der Waals surface area contributed by atoms with E-state index in [-0.39, 0.29) is 5.63 Å². The van der Waals surface area contributed by atoms with E-state index in [0.717, 1.165) is 58.6 Å². The molecule has 0 saturated carbocycles. The third kappa shape index (κ3) is 3.14. The third-order valence-electron chi connectivity index (χ3n) is 5.04. The van der Waals surface area contributed by atoms with Crippen molar-refractivity contribution in [2.24, 2.45) is 0 Å². The zero-order valence-corrected chi connectivity index (χ0v) is 15.9. The van der Waals surface area contributed by atoms with Crippen LogP contribution in [0.3, 0.4) is 0 Å². The summed E-state index contributed by atoms with van der Waals surface area (Å²) in [6, 6.07) is 11.7. The summed E-state index contributed by atoms with van der Waals surface area (Å²) < 4.78 is 16.9. The summed E-state index contributed by atoms with van der Waals surface area (Å²) in [4.78, 5) is 14.1. The van der Waals surface area contributed by atoms with Gasteiger partial charge in [0.15, 0.2) is 6.73 Å². The van der Waals surface area contributed by atoms with Crippen LogP contribution in [0.15, 0.2) is 45.6 Å². The lowest BCUT2D eigenvalue weighted by atomic mass is 9.98. The molecule has 1 aliphatic rings. The topological polar surface area (TPSA) is 51.9 Å². The maximum atomic E-state index is 12.0. The summed E-state index contributed by atoms with van der Waals surface area (Å²) in [7, 11) is 1.67. The number of benzene rings is 2. The lowest BCUT2D eigenvalue weighted by molar-refractivity contribution is 0.287. The molecule has 2 heterocycles. The minimum absolute atomic E-state index is 0.303. The summed E-state index contributed by atoms with van der Waals surface area (Å²) in [6.45, 7) is 5.23. The highest BCUT2D eigenvalue weighted by Crippen LogP contribution is 2.37. The summed E-state index contributed by atoms with van der Waals surface area (Å²) in [5, 5.41) is 1.00. The van der Waals surface area contributed by atoms with Crippen LogP contribution in [-0.2, 0) is 13.0 Å². The number of methoxy groups -OCH3 is 1. The molecule has 0 atom stereocenters. The Morgan fingerprint density at radius 1 is 1.22 bits per heavy atom. The van der Waals surface area contributed by atoms with Crippen molar-refractivity contribution in [2.75, 3.05) is 18.7 Å². The van der Waals surface area contributed by atoms with Crippen LogP contribution < -0.4 is 20.0 Å². The second-order valence-electron chi connectivity index (χ2n) is 6.88. The number of nitrogens with zero attached hydrogens (tertiary/aromatic N) is 1. The molecule has 4 rings (SSSR count). The first-order chi connectivity index (χ1) is 13.1. The molecule has 0 saturated heterocycles. The van der Waals surface area contributed by atoms with Gasteiger partial charge in [0.25, 0.3) is 0 Å². The van der Waals surface area contributed by atoms with Crippen molar-refractivity contribution in [1.82, 2.24) is 0 Å². The van der Waals surface area contributed by atoms with Crippen LogP contribution in [0, 0.1) is 6.92 Å². The average molecular weight is 365 g/mol. The van der Waals surface area contributed by atoms with Gasteiger partial charge in [-0.15, -0.1) is 0 Å². The number of hydrogen-bond donors (Lipinski definition) is 0. The fraction of sp³-hybridized carbons (Fsp3) is 0.318. The molecule has 0 unspecified atom stereocenters. The van der Waals surface area contributed by atoms with Gasteiger partial charge in [-0.2, -0.15) is 0 Å². The van der Waals surface area contributed by atoms with E-state index >= 15 is 0 Å². The molecule has 0 amide bonds. The minimum atomic E-state index is -0.303. The molecule has 1 aromatic heterocycles. The van der Waals surface area contributed by atoms with Crippen LogP contribution >= 0.6 is 0 Å². The van der Waals surface area contributed by atoms with Crippen molar-refractivity contribution in [3.63, 3.8) is 0 Å². The average Bonchev–Trinajstić information content (AvgIpc) is 2.69. The maximum Gasteiger partial charge on any atom is 0.336 e. The molecule has 140 valence electrons. The largest absolute Gasteiger partial charge is 0.497 e. The molecule has 27 heavy (non-hydrogen) atoms. The summed E-state index contributed by atoms with van der Waals surface area (Å²) >= 11 is 0. The Morgan fingerprint density at radius 2 is 2.07 bits per heavy atom. The number of ether oxygens (including phenoxy) is 2. The van der Waals surface area contributed by atoms with Gasteiger partial charge in [0.05, 0.1) is 7.11 Å². The van der Waals surface area contributed by atoms with Crippen molar-refractivity contribution in [2.45, 2.75) is 33.2 Å². The molecule has 3 aromatic rings. The zero-order valence-electron chi connectivity index (χ0n) is 15.9. The number of fused-ring (bicyclic) bond motifs is 2. The lowest BCUT2D eigenvalue weighted by Crippen LogP contribution is -2.32. The predicted molar refractivity (Wildman–Crippen MR) is 106 cm³/mol. The molecule has 0 radical (unpaired) electrons. The van der Waals surface area contributed by atoms with E-state index in [0.29, 0.717) is 12.3 Å². The van der Waals surface area contributed by atoms with E-state index in [1.54, 1.807) is 13.2 Å². The zero-order chi connectivity index (χ0) is 19.0. The van der Waals surface area contributed by atoms with Gasteiger partial charge in [0.1, 0.15) is 17.1 Å². The lowest BCUT2D eigenvalue weighted by Gasteiger charge is -2.32. The number of rotatable bonds is 4. The van der Waals surface area contributed by atoms with Gasteiger partial charge >= 0.3 is 5.63 Å². The van der Waals surface area contributed by atoms with Crippen LogP contribution in [0.4, 0.5) is 5.69 Å². The highest BCUT2D eigenvalue weighted by Gasteiger charge is 2.23. The van der Waals surface area contributed by atoms with Gasteiger partial charge in [-0.1, -0.05) is 19.4 Å². The Labute approximate surface area is 158 Å². The molecular formula is C22H23NO4. The smallest absolute Gasteiger partial charge is 0.336 e. The molecule has 0 spiro atoms. The molecule has 5 heteroatoms. The van der Waals surface area contributed by atoms with Crippen molar-refractivity contribution >= 4 is 16.7 Å². The summed E-state index contributed by atoms with van der Waals surface area (Å²) in [6.07, 6.45) is 1.82. The van der Waals surface area contributed by atoms with Crippen molar-refractivity contribution < 1.29 is 13.9 Å². The molecule has 2 aromatic carbocycles.